The van der Waals surface area contributed by atoms with Crippen molar-refractivity contribution < 1.29 is 9.53 Å². The Kier molecular flexibility index (Phi) is 4.77. The van der Waals surface area contributed by atoms with Crippen LogP contribution in [0, 0.1) is 0 Å². The minimum Gasteiger partial charge on any atom is -0.369 e. The fraction of sp³-hybridized carbons (Fsp3) is 0.455. The Morgan fingerprint density at radius 1 is 1.60 bits per heavy atom. The summed E-state index contributed by atoms with van der Waals surface area (Å²) < 4.78 is 5.16. The molecule has 0 aliphatic rings. The molecule has 1 heterocycles. The number of amides is 1. The largest absolute Gasteiger partial charge is 0.369 e. The van der Waals surface area contributed by atoms with E-state index >= 15 is 0 Å². The van der Waals surface area contributed by atoms with E-state index in [0.717, 1.165) is 5.69 Å². The maximum atomic E-state index is 11.4. The average molecular weight is 208 g/mol. The SMILES string of the molecule is CCOC(C)C(=O)NCc1ccccn1. The summed E-state index contributed by atoms with van der Waals surface area (Å²) in [6.07, 6.45) is 1.30. The molecule has 0 aromatic carbocycles. The van der Waals surface area contributed by atoms with Gasteiger partial charge >= 0.3 is 0 Å². The molecule has 0 saturated carbocycles. The summed E-state index contributed by atoms with van der Waals surface area (Å²) in [6.45, 7) is 4.58. The molecule has 0 fully saturated rings. The van der Waals surface area contributed by atoms with Crippen LogP contribution in [-0.4, -0.2) is 23.6 Å². The Morgan fingerprint density at radius 2 is 2.40 bits per heavy atom. The zero-order chi connectivity index (χ0) is 11.1. The van der Waals surface area contributed by atoms with Crippen molar-refractivity contribution in [2.45, 2.75) is 26.5 Å². The van der Waals surface area contributed by atoms with Crippen LogP contribution in [0.2, 0.25) is 0 Å². The predicted molar refractivity (Wildman–Crippen MR) is 57.2 cm³/mol. The summed E-state index contributed by atoms with van der Waals surface area (Å²) in [4.78, 5) is 15.5. The number of nitrogens with one attached hydrogen (secondary N) is 1. The van der Waals surface area contributed by atoms with Crippen LogP contribution in [0.5, 0.6) is 0 Å². The summed E-state index contributed by atoms with van der Waals surface area (Å²) in [5.41, 5.74) is 0.842. The highest BCUT2D eigenvalue weighted by Crippen LogP contribution is 1.94. The topological polar surface area (TPSA) is 51.2 Å². The molecule has 0 aliphatic heterocycles. The number of aromatic nitrogens is 1. The molecule has 1 rings (SSSR count). The van der Waals surface area contributed by atoms with Crippen molar-refractivity contribution >= 4 is 5.91 Å². The molecule has 0 spiro atoms. The lowest BCUT2D eigenvalue weighted by atomic mass is 10.3. The van der Waals surface area contributed by atoms with Crippen molar-refractivity contribution in [2.75, 3.05) is 6.61 Å². The van der Waals surface area contributed by atoms with Gasteiger partial charge in [-0.1, -0.05) is 6.07 Å². The van der Waals surface area contributed by atoms with E-state index in [9.17, 15) is 4.79 Å². The molecule has 0 radical (unpaired) electrons. The minimum absolute atomic E-state index is 0.109. The second-order valence-electron chi connectivity index (χ2n) is 3.14. The molecule has 4 nitrogen and oxygen atoms in total. The summed E-state index contributed by atoms with van der Waals surface area (Å²) >= 11 is 0. The van der Waals surface area contributed by atoms with E-state index in [-0.39, 0.29) is 5.91 Å². The number of pyridine rings is 1. The van der Waals surface area contributed by atoms with Crippen LogP contribution in [0.3, 0.4) is 0 Å². The summed E-state index contributed by atoms with van der Waals surface area (Å²) in [7, 11) is 0. The number of hydrogen-bond donors (Lipinski definition) is 1. The maximum Gasteiger partial charge on any atom is 0.249 e. The molecule has 1 atom stereocenters. The fourth-order valence-corrected chi connectivity index (χ4v) is 1.15. The van der Waals surface area contributed by atoms with Gasteiger partial charge in [0.2, 0.25) is 5.91 Å². The van der Waals surface area contributed by atoms with Crippen LogP contribution in [-0.2, 0) is 16.1 Å². The van der Waals surface area contributed by atoms with E-state index in [1.54, 1.807) is 13.1 Å². The van der Waals surface area contributed by atoms with Crippen molar-refractivity contribution in [1.29, 1.82) is 0 Å². The Bertz CT molecular complexity index is 301. The lowest BCUT2D eigenvalue weighted by molar-refractivity contribution is -0.131. The van der Waals surface area contributed by atoms with Crippen molar-refractivity contribution in [1.82, 2.24) is 10.3 Å². The highest BCUT2D eigenvalue weighted by Gasteiger charge is 2.11. The van der Waals surface area contributed by atoms with Gasteiger partial charge in [0.05, 0.1) is 12.2 Å². The molecule has 1 unspecified atom stereocenters. The monoisotopic (exact) mass is 208 g/mol. The Hall–Kier alpha value is -1.42. The number of carbonyl (C=O) groups is 1. The van der Waals surface area contributed by atoms with Gasteiger partial charge in [-0.05, 0) is 26.0 Å². The van der Waals surface area contributed by atoms with Crippen molar-refractivity contribution in [3.05, 3.63) is 30.1 Å². The maximum absolute atomic E-state index is 11.4. The number of ether oxygens (including phenoxy) is 1. The molecule has 15 heavy (non-hydrogen) atoms. The minimum atomic E-state index is -0.404. The lowest BCUT2D eigenvalue weighted by Gasteiger charge is -2.11. The van der Waals surface area contributed by atoms with Crippen LogP contribution in [0.4, 0.5) is 0 Å². The van der Waals surface area contributed by atoms with Gasteiger partial charge in [-0.25, -0.2) is 0 Å². The summed E-state index contributed by atoms with van der Waals surface area (Å²) in [5, 5.41) is 2.76. The number of nitrogens with zero attached hydrogens (tertiary/aromatic N) is 1. The molecule has 1 aromatic heterocycles. The first-order valence-corrected chi connectivity index (χ1v) is 5.03. The number of carbonyl (C=O) groups excluding carboxylic acids is 1. The molecule has 82 valence electrons. The van der Waals surface area contributed by atoms with E-state index in [1.807, 2.05) is 25.1 Å². The molecular formula is C11H16N2O2. The first kappa shape index (κ1) is 11.7. The van der Waals surface area contributed by atoms with Crippen LogP contribution >= 0.6 is 0 Å². The summed E-state index contributed by atoms with van der Waals surface area (Å²) in [5.74, 6) is -0.109. The van der Waals surface area contributed by atoms with Crippen molar-refractivity contribution in [2.24, 2.45) is 0 Å². The zero-order valence-corrected chi connectivity index (χ0v) is 9.06. The third-order valence-electron chi connectivity index (χ3n) is 1.96. The van der Waals surface area contributed by atoms with E-state index < -0.39 is 6.10 Å². The highest BCUT2D eigenvalue weighted by atomic mass is 16.5. The third-order valence-corrected chi connectivity index (χ3v) is 1.96. The average Bonchev–Trinajstić information content (AvgIpc) is 2.27. The van der Waals surface area contributed by atoms with Crippen LogP contribution in [0.25, 0.3) is 0 Å². The Morgan fingerprint density at radius 3 is 3.00 bits per heavy atom. The second-order valence-corrected chi connectivity index (χ2v) is 3.14. The first-order chi connectivity index (χ1) is 7.24. The number of rotatable bonds is 5. The van der Waals surface area contributed by atoms with E-state index in [2.05, 4.69) is 10.3 Å². The number of hydrogen-bond acceptors (Lipinski definition) is 3. The normalized spacial score (nSPS) is 12.1. The van der Waals surface area contributed by atoms with Gasteiger partial charge in [-0.15, -0.1) is 0 Å². The van der Waals surface area contributed by atoms with Gasteiger partial charge in [-0.3, -0.25) is 9.78 Å². The van der Waals surface area contributed by atoms with Crippen LogP contribution in [0.1, 0.15) is 19.5 Å². The van der Waals surface area contributed by atoms with Gasteiger partial charge in [0, 0.05) is 12.8 Å². The van der Waals surface area contributed by atoms with E-state index in [0.29, 0.717) is 13.2 Å². The lowest BCUT2D eigenvalue weighted by Crippen LogP contribution is -2.34. The molecule has 0 saturated heterocycles. The van der Waals surface area contributed by atoms with Crippen LogP contribution < -0.4 is 5.32 Å². The zero-order valence-electron chi connectivity index (χ0n) is 9.06. The highest BCUT2D eigenvalue weighted by molar-refractivity contribution is 5.80. The van der Waals surface area contributed by atoms with Gasteiger partial charge in [0.15, 0.2) is 0 Å². The molecule has 1 N–H and O–H groups in total. The predicted octanol–water partition coefficient (Wildman–Crippen LogP) is 1.12. The van der Waals surface area contributed by atoms with Gasteiger partial charge in [0.25, 0.3) is 0 Å². The molecule has 0 bridgehead atoms. The van der Waals surface area contributed by atoms with Gasteiger partial charge in [0.1, 0.15) is 6.10 Å². The fourth-order valence-electron chi connectivity index (χ4n) is 1.15. The van der Waals surface area contributed by atoms with Crippen LogP contribution in [0.15, 0.2) is 24.4 Å². The quantitative estimate of drug-likeness (QED) is 0.789. The molecule has 4 heteroatoms. The van der Waals surface area contributed by atoms with E-state index in [1.165, 1.54) is 0 Å². The third kappa shape index (κ3) is 4.08. The molecule has 1 amide bonds. The van der Waals surface area contributed by atoms with Crippen molar-refractivity contribution in [3.63, 3.8) is 0 Å². The van der Waals surface area contributed by atoms with Crippen molar-refractivity contribution in [3.8, 4) is 0 Å². The van der Waals surface area contributed by atoms with Gasteiger partial charge < -0.3 is 10.1 Å². The molecular weight excluding hydrogens is 192 g/mol. The Balaban J connectivity index is 2.34. The molecule has 1 aromatic rings. The summed E-state index contributed by atoms with van der Waals surface area (Å²) in [6, 6.07) is 5.60. The van der Waals surface area contributed by atoms with Gasteiger partial charge in [-0.2, -0.15) is 0 Å². The smallest absolute Gasteiger partial charge is 0.249 e. The Labute approximate surface area is 89.7 Å². The van der Waals surface area contributed by atoms with E-state index in [4.69, 9.17) is 4.74 Å². The molecule has 0 aliphatic carbocycles. The standard InChI is InChI=1S/C11H16N2O2/c1-3-15-9(2)11(14)13-8-10-6-4-5-7-12-10/h4-7,9H,3,8H2,1-2H3,(H,13,14). The first-order valence-electron chi connectivity index (χ1n) is 5.03. The second kappa shape index (κ2) is 6.14.